The van der Waals surface area contributed by atoms with Crippen LogP contribution in [0.3, 0.4) is 0 Å². The molecule has 2 atom stereocenters. The van der Waals surface area contributed by atoms with Gasteiger partial charge in [0.05, 0.1) is 5.69 Å². The summed E-state index contributed by atoms with van der Waals surface area (Å²) < 4.78 is 1.52. The molecule has 0 spiro atoms. The van der Waals surface area contributed by atoms with Gasteiger partial charge in [-0.15, -0.1) is 5.10 Å². The van der Waals surface area contributed by atoms with E-state index < -0.39 is 0 Å². The van der Waals surface area contributed by atoms with E-state index in [4.69, 9.17) is 11.6 Å². The molecule has 1 aromatic heterocycles. The van der Waals surface area contributed by atoms with E-state index in [2.05, 4.69) is 32.7 Å². The number of carbonyl (C=O) groups excluding carboxylic acids is 2. The van der Waals surface area contributed by atoms with E-state index in [-0.39, 0.29) is 23.9 Å². The molecule has 184 valence electrons. The molecule has 2 amide bonds. The summed E-state index contributed by atoms with van der Waals surface area (Å²) in [5.74, 6) is -0.0854. The van der Waals surface area contributed by atoms with Gasteiger partial charge in [-0.25, -0.2) is 4.68 Å². The Kier molecular flexibility index (Phi) is 7.47. The molecule has 1 aliphatic rings. The Morgan fingerprint density at radius 3 is 2.66 bits per heavy atom. The summed E-state index contributed by atoms with van der Waals surface area (Å²) in [6, 6.07) is 11.4. The zero-order valence-corrected chi connectivity index (χ0v) is 21.2. The van der Waals surface area contributed by atoms with Gasteiger partial charge in [0.25, 0.3) is 5.91 Å². The minimum Gasteiger partial charge on any atom is -0.348 e. The van der Waals surface area contributed by atoms with Gasteiger partial charge in [-0.2, -0.15) is 0 Å². The Labute approximate surface area is 210 Å². The number of rotatable bonds is 6. The van der Waals surface area contributed by atoms with Crippen molar-refractivity contribution in [1.82, 2.24) is 35.3 Å². The third-order valence-corrected chi connectivity index (χ3v) is 6.57. The number of hydrogen-bond acceptors (Lipinski definition) is 6. The Hall–Kier alpha value is -3.30. The minimum absolute atomic E-state index is 0.0818. The van der Waals surface area contributed by atoms with Crippen molar-refractivity contribution in [1.29, 1.82) is 0 Å². The lowest BCUT2D eigenvalue weighted by molar-refractivity contribution is -0.133. The summed E-state index contributed by atoms with van der Waals surface area (Å²) in [5, 5.41) is 15.1. The van der Waals surface area contributed by atoms with Crippen LogP contribution < -0.4 is 5.32 Å². The van der Waals surface area contributed by atoms with E-state index in [1.165, 1.54) is 11.0 Å². The first kappa shape index (κ1) is 24.8. The fourth-order valence-electron chi connectivity index (χ4n) is 4.57. The number of piperazine rings is 1. The van der Waals surface area contributed by atoms with Crippen LogP contribution in [0.4, 0.5) is 0 Å². The number of aromatic nitrogens is 4. The van der Waals surface area contributed by atoms with Crippen molar-refractivity contribution in [3.8, 4) is 16.8 Å². The normalized spacial score (nSPS) is 17.3. The van der Waals surface area contributed by atoms with Gasteiger partial charge in [-0.3, -0.25) is 14.5 Å². The summed E-state index contributed by atoms with van der Waals surface area (Å²) in [5.41, 5.74) is 3.84. The van der Waals surface area contributed by atoms with Gasteiger partial charge in [0.2, 0.25) is 5.91 Å². The molecule has 0 bridgehead atoms. The van der Waals surface area contributed by atoms with Gasteiger partial charge in [0.15, 0.2) is 0 Å². The van der Waals surface area contributed by atoms with Crippen molar-refractivity contribution < 1.29 is 9.59 Å². The van der Waals surface area contributed by atoms with Crippen LogP contribution in [-0.4, -0.2) is 80.1 Å². The molecule has 10 heteroatoms. The van der Waals surface area contributed by atoms with E-state index in [1.54, 1.807) is 13.0 Å². The van der Waals surface area contributed by atoms with E-state index in [0.29, 0.717) is 29.4 Å². The number of amides is 2. The molecule has 0 radical (unpaired) electrons. The van der Waals surface area contributed by atoms with E-state index in [1.807, 2.05) is 49.1 Å². The Morgan fingerprint density at radius 1 is 1.20 bits per heavy atom. The second-order valence-corrected chi connectivity index (χ2v) is 9.61. The van der Waals surface area contributed by atoms with Crippen molar-refractivity contribution in [3.63, 3.8) is 0 Å². The fourth-order valence-corrected chi connectivity index (χ4v) is 4.91. The average Bonchev–Trinajstić information content (AvgIpc) is 3.33. The first-order chi connectivity index (χ1) is 16.7. The lowest BCUT2D eigenvalue weighted by Gasteiger charge is -2.40. The lowest BCUT2D eigenvalue weighted by atomic mass is 10.00. The maximum absolute atomic E-state index is 13.3. The second-order valence-electron chi connectivity index (χ2n) is 9.20. The largest absolute Gasteiger partial charge is 0.348 e. The third kappa shape index (κ3) is 5.86. The second kappa shape index (κ2) is 10.5. The van der Waals surface area contributed by atoms with E-state index in [9.17, 15) is 9.59 Å². The van der Waals surface area contributed by atoms with Crippen LogP contribution in [-0.2, 0) is 4.79 Å². The molecule has 2 heterocycles. The maximum atomic E-state index is 13.3. The Morgan fingerprint density at radius 2 is 2.00 bits per heavy atom. The highest BCUT2D eigenvalue weighted by atomic mass is 35.5. The number of benzene rings is 2. The number of tetrazole rings is 1. The van der Waals surface area contributed by atoms with Crippen LogP contribution in [0.2, 0.25) is 5.02 Å². The van der Waals surface area contributed by atoms with Gasteiger partial charge >= 0.3 is 0 Å². The SMILES string of the molecule is CC(=O)N1CCN(C[C@@H](C)NC(=O)c2cc(-c3ccc(C)cc3Cl)cc(-n3cnnn3)c2)CC1C. The van der Waals surface area contributed by atoms with Gasteiger partial charge < -0.3 is 10.2 Å². The minimum atomic E-state index is -0.188. The molecule has 1 aliphatic heterocycles. The van der Waals surface area contributed by atoms with Crippen LogP contribution in [0.1, 0.15) is 36.7 Å². The highest BCUT2D eigenvalue weighted by Crippen LogP contribution is 2.31. The number of hydrogen-bond donors (Lipinski definition) is 1. The first-order valence-corrected chi connectivity index (χ1v) is 12.0. The molecule has 3 aromatic rings. The van der Waals surface area contributed by atoms with Crippen LogP contribution in [0.25, 0.3) is 16.8 Å². The maximum Gasteiger partial charge on any atom is 0.251 e. The summed E-state index contributed by atoms with van der Waals surface area (Å²) >= 11 is 6.53. The zero-order valence-electron chi connectivity index (χ0n) is 20.4. The van der Waals surface area contributed by atoms with Crippen molar-refractivity contribution >= 4 is 23.4 Å². The third-order valence-electron chi connectivity index (χ3n) is 6.25. The first-order valence-electron chi connectivity index (χ1n) is 11.7. The van der Waals surface area contributed by atoms with Crippen molar-refractivity contribution in [2.24, 2.45) is 0 Å². The van der Waals surface area contributed by atoms with E-state index in [0.717, 1.165) is 29.8 Å². The molecular formula is C25H30ClN7O2. The molecule has 1 N–H and O–H groups in total. The summed E-state index contributed by atoms with van der Waals surface area (Å²) in [6.45, 7) is 10.6. The lowest BCUT2D eigenvalue weighted by Crippen LogP contribution is -2.55. The van der Waals surface area contributed by atoms with Crippen molar-refractivity contribution in [2.45, 2.75) is 39.8 Å². The fraction of sp³-hybridized carbons (Fsp3) is 0.400. The Bertz CT molecular complexity index is 1210. The number of halogens is 1. The predicted molar refractivity (Wildman–Crippen MR) is 135 cm³/mol. The highest BCUT2D eigenvalue weighted by Gasteiger charge is 2.26. The van der Waals surface area contributed by atoms with Crippen LogP contribution in [0.15, 0.2) is 42.7 Å². The molecular weight excluding hydrogens is 466 g/mol. The molecule has 4 rings (SSSR count). The highest BCUT2D eigenvalue weighted by molar-refractivity contribution is 6.33. The molecule has 35 heavy (non-hydrogen) atoms. The predicted octanol–water partition coefficient (Wildman–Crippen LogP) is 2.96. The smallest absolute Gasteiger partial charge is 0.251 e. The zero-order chi connectivity index (χ0) is 25.1. The average molecular weight is 496 g/mol. The molecule has 0 aliphatic carbocycles. The molecule has 1 saturated heterocycles. The van der Waals surface area contributed by atoms with Crippen LogP contribution in [0, 0.1) is 6.92 Å². The van der Waals surface area contributed by atoms with Gasteiger partial charge in [0, 0.05) is 61.3 Å². The van der Waals surface area contributed by atoms with Crippen LogP contribution >= 0.6 is 11.6 Å². The molecule has 2 aromatic carbocycles. The van der Waals surface area contributed by atoms with Gasteiger partial charge in [-0.05, 0) is 66.6 Å². The summed E-state index contributed by atoms with van der Waals surface area (Å²) in [4.78, 5) is 29.2. The molecule has 0 saturated carbocycles. The standard InChI is InChI=1S/C25H30ClN7O2/c1-16-5-6-23(24(26)9-16)20-10-21(12-22(11-20)33-15-27-29-30-33)25(35)28-17(2)13-31-7-8-32(19(4)34)18(3)14-31/h5-6,9-12,15,17-18H,7-8,13-14H2,1-4H3,(H,28,35)/t17-,18?/m1/s1. The summed E-state index contributed by atoms with van der Waals surface area (Å²) in [7, 11) is 0. The number of aryl methyl sites for hydroxylation is 1. The van der Waals surface area contributed by atoms with Gasteiger partial charge in [-0.1, -0.05) is 23.7 Å². The molecule has 9 nitrogen and oxygen atoms in total. The van der Waals surface area contributed by atoms with Crippen molar-refractivity contribution in [3.05, 3.63) is 58.9 Å². The number of nitrogens with one attached hydrogen (secondary N) is 1. The van der Waals surface area contributed by atoms with Crippen molar-refractivity contribution in [2.75, 3.05) is 26.2 Å². The molecule has 1 fully saturated rings. The number of carbonyl (C=O) groups is 2. The van der Waals surface area contributed by atoms with E-state index >= 15 is 0 Å². The Balaban J connectivity index is 1.53. The number of nitrogens with zero attached hydrogens (tertiary/aromatic N) is 6. The van der Waals surface area contributed by atoms with Gasteiger partial charge in [0.1, 0.15) is 6.33 Å². The monoisotopic (exact) mass is 495 g/mol. The van der Waals surface area contributed by atoms with Crippen LogP contribution in [0.5, 0.6) is 0 Å². The molecule has 1 unspecified atom stereocenters. The summed E-state index contributed by atoms with van der Waals surface area (Å²) in [6.07, 6.45) is 1.49. The topological polar surface area (TPSA) is 96.2 Å². The quantitative estimate of drug-likeness (QED) is 0.564.